The molecule has 3 aliphatic rings. The van der Waals surface area contributed by atoms with Crippen LogP contribution in [0.2, 0.25) is 0 Å². The fourth-order valence-electron chi connectivity index (χ4n) is 7.20. The molecule has 0 aliphatic carbocycles. The lowest BCUT2D eigenvalue weighted by molar-refractivity contribution is -0.684. The van der Waals surface area contributed by atoms with Crippen LogP contribution in [0.1, 0.15) is 94.1 Å². The van der Waals surface area contributed by atoms with Crippen molar-refractivity contribution < 1.29 is 59.7 Å². The van der Waals surface area contributed by atoms with E-state index in [2.05, 4.69) is 4.90 Å². The van der Waals surface area contributed by atoms with E-state index in [9.17, 15) is 50.3 Å². The first kappa shape index (κ1) is 44.8. The average molecular weight is 854 g/mol. The van der Waals surface area contributed by atoms with E-state index in [4.69, 9.17) is 9.83 Å². The summed E-state index contributed by atoms with van der Waals surface area (Å²) >= 11 is 0. The number of hydrogen-bond donors (Lipinski definition) is 3. The van der Waals surface area contributed by atoms with Crippen molar-refractivity contribution in [1.82, 2.24) is 10.5 Å². The Kier molecular flexibility index (Phi) is 13.6. The van der Waals surface area contributed by atoms with Gasteiger partial charge >= 0.3 is 11.8 Å². The molecule has 59 heavy (non-hydrogen) atoms. The van der Waals surface area contributed by atoms with Crippen LogP contribution in [-0.4, -0.2) is 77.9 Å². The van der Waals surface area contributed by atoms with E-state index < -0.39 is 60.5 Å². The minimum atomic E-state index is -4.46. The van der Waals surface area contributed by atoms with Crippen LogP contribution < -0.4 is 14.9 Å². The number of amides is 3. The Balaban J connectivity index is 1.29. The predicted octanol–water partition coefficient (Wildman–Crippen LogP) is 4.16. The van der Waals surface area contributed by atoms with Crippen LogP contribution in [0.25, 0.3) is 0 Å². The van der Waals surface area contributed by atoms with E-state index >= 15 is 0 Å². The van der Waals surface area contributed by atoms with Crippen LogP contribution in [0.4, 0.5) is 11.5 Å². The number of carbonyl (C=O) groups is 4. The molecular formula is C40H47N5O12S2. The molecule has 1 aromatic carbocycles. The third-order valence-electron chi connectivity index (χ3n) is 10.4. The van der Waals surface area contributed by atoms with Gasteiger partial charge in [0.05, 0.1) is 38.1 Å². The maximum atomic E-state index is 12.3. The van der Waals surface area contributed by atoms with Crippen molar-refractivity contribution in [3.05, 3.63) is 95.4 Å². The zero-order valence-corrected chi connectivity index (χ0v) is 34.7. The van der Waals surface area contributed by atoms with E-state index in [1.54, 1.807) is 46.5 Å². The number of unbranched alkanes of at least 4 members (excludes halogenated alkanes) is 2. The number of carbonyl (C=O) groups excluding carboxylic acids is 4. The highest BCUT2D eigenvalue weighted by molar-refractivity contribution is 7.86. The zero-order chi connectivity index (χ0) is 43.3. The zero-order valence-electron chi connectivity index (χ0n) is 33.1. The lowest BCUT2D eigenvalue weighted by Crippen LogP contribution is -2.38. The first-order chi connectivity index (χ1) is 27.6. The van der Waals surface area contributed by atoms with E-state index in [1.165, 1.54) is 18.3 Å². The van der Waals surface area contributed by atoms with Gasteiger partial charge in [-0.2, -0.15) is 8.42 Å². The number of rotatable bonds is 17. The third kappa shape index (κ3) is 10.5. The number of aliphatic imine (C=N–C) groups is 1. The number of anilines is 1. The van der Waals surface area contributed by atoms with Crippen molar-refractivity contribution in [2.24, 2.45) is 4.99 Å². The van der Waals surface area contributed by atoms with Crippen molar-refractivity contribution in [1.29, 1.82) is 0 Å². The highest BCUT2D eigenvalue weighted by Gasteiger charge is 2.43. The van der Waals surface area contributed by atoms with Gasteiger partial charge in [-0.25, -0.2) is 23.3 Å². The summed E-state index contributed by atoms with van der Waals surface area (Å²) in [6, 6.07) is 6.08. The van der Waals surface area contributed by atoms with Crippen LogP contribution >= 0.6 is 0 Å². The molecule has 0 radical (unpaired) electrons. The third-order valence-corrected chi connectivity index (χ3v) is 12.0. The van der Waals surface area contributed by atoms with E-state index in [-0.39, 0.29) is 42.7 Å². The number of pyridine rings is 1. The Morgan fingerprint density at radius 2 is 1.61 bits per heavy atom. The average Bonchev–Trinajstić information content (AvgIpc) is 3.69. The van der Waals surface area contributed by atoms with Gasteiger partial charge in [0.1, 0.15) is 6.20 Å². The summed E-state index contributed by atoms with van der Waals surface area (Å²) in [5.41, 5.74) is 4.04. The quantitative estimate of drug-likeness (QED) is 0.0386. The molecule has 1 fully saturated rings. The standard InChI is InChI=1S/C40H47N5O12S2/c1-39(2)30-24-27(38(49)42-50)26-43(21-13-23-58(51,52)53)37(30)41-32(39)14-9-6-5-7-10-15-33-40(3,4)29-25-28(59(54,55)56)17-18-31(29)44(33)22-12-8-11-16-36(48)57-45-34(46)19-20-35(45)47/h5-7,9-10,14-15,17-18,24-26H,8,11-13,16,19-23H2,1-4H3,(H3-,42,49,50,51,52,53,54,55,56). The second kappa shape index (κ2) is 17.9. The SMILES string of the molecule is CC1(C)C(/C=C/C=C/C=C/C=C2/N(CCCCCC(=O)ON3C(=O)CCC3=O)c3ccc(S(=O)(=O)O)cc3C2(C)C)=Nc2c1cc(C(=O)NO)c[n+]2CCCS(=O)(=O)[O-]. The highest BCUT2D eigenvalue weighted by Crippen LogP contribution is 2.48. The molecular weight excluding hydrogens is 807 g/mol. The van der Waals surface area contributed by atoms with E-state index in [0.29, 0.717) is 53.5 Å². The van der Waals surface area contributed by atoms with Crippen LogP contribution in [0.5, 0.6) is 0 Å². The summed E-state index contributed by atoms with van der Waals surface area (Å²) in [6.45, 7) is 8.33. The smallest absolute Gasteiger partial charge is 0.333 e. The molecule has 4 heterocycles. The first-order valence-corrected chi connectivity index (χ1v) is 21.9. The molecule has 1 aromatic heterocycles. The van der Waals surface area contributed by atoms with Gasteiger partial charge in [-0.15, -0.1) is 5.06 Å². The van der Waals surface area contributed by atoms with E-state index in [0.717, 1.165) is 11.4 Å². The van der Waals surface area contributed by atoms with Gasteiger partial charge in [-0.1, -0.05) is 50.6 Å². The topological polar surface area (TPSA) is 244 Å². The molecule has 0 atom stereocenters. The Morgan fingerprint density at radius 1 is 0.932 bits per heavy atom. The molecule has 3 aliphatic heterocycles. The lowest BCUT2D eigenvalue weighted by atomic mass is 9.81. The van der Waals surface area contributed by atoms with Crippen molar-refractivity contribution in [3.8, 4) is 0 Å². The van der Waals surface area contributed by atoms with Crippen LogP contribution in [-0.2, 0) is 56.8 Å². The molecule has 17 nitrogen and oxygen atoms in total. The molecule has 316 valence electrons. The van der Waals surface area contributed by atoms with Crippen LogP contribution in [0.3, 0.4) is 0 Å². The molecule has 1 saturated heterocycles. The Labute approximate surface area is 342 Å². The molecule has 0 bridgehead atoms. The molecule has 0 spiro atoms. The number of aryl methyl sites for hydroxylation is 1. The number of hydroxylamine groups is 3. The number of hydrogen-bond acceptors (Lipinski definition) is 13. The fourth-order valence-corrected chi connectivity index (χ4v) is 8.19. The van der Waals surface area contributed by atoms with Crippen LogP contribution in [0, 0.1) is 0 Å². The monoisotopic (exact) mass is 853 g/mol. The number of benzene rings is 1. The van der Waals surface area contributed by atoms with Gasteiger partial charge in [-0.05, 0) is 80.1 Å². The Bertz CT molecular complexity index is 2400. The normalized spacial score (nSPS) is 18.1. The maximum Gasteiger partial charge on any atom is 0.333 e. The Hall–Kier alpha value is -5.34. The molecule has 0 saturated carbocycles. The minimum Gasteiger partial charge on any atom is -0.748 e. The number of allylic oxidation sites excluding steroid dienone is 8. The number of aromatic nitrogens is 1. The summed E-state index contributed by atoms with van der Waals surface area (Å²) in [4.78, 5) is 59.7. The van der Waals surface area contributed by atoms with Crippen molar-refractivity contribution in [2.45, 2.75) is 94.9 Å². The van der Waals surface area contributed by atoms with Gasteiger partial charge < -0.3 is 14.3 Å². The summed E-state index contributed by atoms with van der Waals surface area (Å²) in [6.07, 6.45) is 15.9. The van der Waals surface area contributed by atoms with Gasteiger partial charge in [-0.3, -0.25) is 24.1 Å². The molecule has 3 N–H and O–H groups in total. The highest BCUT2D eigenvalue weighted by atomic mass is 32.2. The van der Waals surface area contributed by atoms with E-state index in [1.807, 2.05) is 45.9 Å². The first-order valence-electron chi connectivity index (χ1n) is 18.9. The minimum absolute atomic E-state index is 0.00114. The summed E-state index contributed by atoms with van der Waals surface area (Å²) in [5, 5.41) is 9.77. The molecule has 2 aromatic rings. The van der Waals surface area contributed by atoms with Gasteiger partial charge in [0.25, 0.3) is 27.8 Å². The number of nitrogens with one attached hydrogen (secondary N) is 1. The molecule has 3 amide bonds. The van der Waals surface area contributed by atoms with Crippen LogP contribution in [0.15, 0.2) is 88.6 Å². The largest absolute Gasteiger partial charge is 0.748 e. The summed E-state index contributed by atoms with van der Waals surface area (Å²) < 4.78 is 69.0. The molecule has 19 heteroatoms. The summed E-state index contributed by atoms with van der Waals surface area (Å²) in [5.74, 6) is -2.60. The van der Waals surface area contributed by atoms with Gasteiger partial charge in [0, 0.05) is 48.4 Å². The predicted molar refractivity (Wildman–Crippen MR) is 213 cm³/mol. The van der Waals surface area contributed by atoms with Crippen molar-refractivity contribution in [2.75, 3.05) is 17.2 Å². The van der Waals surface area contributed by atoms with Crippen molar-refractivity contribution in [3.63, 3.8) is 0 Å². The van der Waals surface area contributed by atoms with Gasteiger partial charge in [0.2, 0.25) is 0 Å². The van der Waals surface area contributed by atoms with Gasteiger partial charge in [0.15, 0.2) is 5.71 Å². The second-order valence-corrected chi connectivity index (χ2v) is 18.3. The molecule has 0 unspecified atom stereocenters. The summed E-state index contributed by atoms with van der Waals surface area (Å²) in [7, 11) is -8.90. The number of fused-ring (bicyclic) bond motifs is 2. The Morgan fingerprint density at radius 3 is 2.27 bits per heavy atom. The fraction of sp³-hybridized carbons (Fsp3) is 0.400. The maximum absolute atomic E-state index is 12.3. The second-order valence-electron chi connectivity index (χ2n) is 15.3. The lowest BCUT2D eigenvalue weighted by Gasteiger charge is -2.27. The molecule has 5 rings (SSSR count). The van der Waals surface area contributed by atoms with Crippen molar-refractivity contribution >= 4 is 61.1 Å². The number of nitrogens with zero attached hydrogens (tertiary/aromatic N) is 4. The number of imide groups is 1.